The molecule has 1 saturated heterocycles. The summed E-state index contributed by atoms with van der Waals surface area (Å²) < 4.78 is 26.9. The molecule has 0 N–H and O–H groups in total. The fourth-order valence-electron chi connectivity index (χ4n) is 2.98. The number of aryl methyl sites for hydroxylation is 1. The maximum atomic E-state index is 12.7. The number of anilines is 1. The summed E-state index contributed by atoms with van der Waals surface area (Å²) in [6.07, 6.45) is 2.54. The Morgan fingerprint density at radius 3 is 2.71 bits per heavy atom. The van der Waals surface area contributed by atoms with Crippen LogP contribution in [0.15, 0.2) is 42.6 Å². The van der Waals surface area contributed by atoms with Crippen LogP contribution in [0.25, 0.3) is 0 Å². The molecule has 1 aromatic carbocycles. The van der Waals surface area contributed by atoms with Gasteiger partial charge in [-0.05, 0) is 25.0 Å². The highest BCUT2D eigenvalue weighted by Gasteiger charge is 2.32. The maximum Gasteiger partial charge on any atom is 0.218 e. The van der Waals surface area contributed by atoms with E-state index in [0.29, 0.717) is 6.54 Å². The van der Waals surface area contributed by atoms with Gasteiger partial charge in [0, 0.05) is 32.4 Å². The number of hydrogen-bond acceptors (Lipinski definition) is 5. The second kappa shape index (κ2) is 6.86. The Balaban J connectivity index is 1.68. The molecule has 0 saturated carbocycles. The number of benzene rings is 1. The zero-order chi connectivity index (χ0) is 17.2. The first-order chi connectivity index (χ1) is 11.5. The molecule has 0 spiro atoms. The largest absolute Gasteiger partial charge is 0.355 e. The van der Waals surface area contributed by atoms with Crippen LogP contribution in [0.5, 0.6) is 0 Å². The van der Waals surface area contributed by atoms with Crippen molar-refractivity contribution in [1.82, 2.24) is 14.3 Å². The molecule has 1 fully saturated rings. The molecule has 1 aliphatic rings. The average Bonchev–Trinajstić information content (AvgIpc) is 3.04. The summed E-state index contributed by atoms with van der Waals surface area (Å²) in [5, 5.41) is 0. The number of hydrogen-bond donors (Lipinski definition) is 0. The minimum Gasteiger partial charge on any atom is -0.355 e. The number of rotatable bonds is 5. The molecule has 0 amide bonds. The SMILES string of the molecule is Cc1nccc(N2CCC(N(C)S(=O)(=O)Cc3ccccc3)C2)n1. The number of sulfonamides is 1. The third-order valence-corrected chi connectivity index (χ3v) is 6.27. The van der Waals surface area contributed by atoms with Gasteiger partial charge in [-0.3, -0.25) is 0 Å². The summed E-state index contributed by atoms with van der Waals surface area (Å²) in [5.74, 6) is 1.62. The second-order valence-corrected chi connectivity index (χ2v) is 8.14. The summed E-state index contributed by atoms with van der Waals surface area (Å²) in [6.45, 7) is 3.31. The third kappa shape index (κ3) is 3.73. The van der Waals surface area contributed by atoms with Crippen molar-refractivity contribution >= 4 is 15.8 Å². The van der Waals surface area contributed by atoms with Crippen molar-refractivity contribution in [2.75, 3.05) is 25.0 Å². The van der Waals surface area contributed by atoms with Gasteiger partial charge in [-0.15, -0.1) is 0 Å². The lowest BCUT2D eigenvalue weighted by molar-refractivity contribution is 0.389. The van der Waals surface area contributed by atoms with E-state index in [1.54, 1.807) is 13.2 Å². The number of aromatic nitrogens is 2. The molecule has 128 valence electrons. The van der Waals surface area contributed by atoms with Crippen molar-refractivity contribution in [3.63, 3.8) is 0 Å². The lowest BCUT2D eigenvalue weighted by atomic mass is 10.2. The highest BCUT2D eigenvalue weighted by atomic mass is 32.2. The van der Waals surface area contributed by atoms with E-state index in [1.807, 2.05) is 43.3 Å². The van der Waals surface area contributed by atoms with E-state index in [-0.39, 0.29) is 11.8 Å². The summed E-state index contributed by atoms with van der Waals surface area (Å²) in [4.78, 5) is 10.7. The fraction of sp³-hybridized carbons (Fsp3) is 0.412. The van der Waals surface area contributed by atoms with Crippen molar-refractivity contribution < 1.29 is 8.42 Å². The molecule has 0 bridgehead atoms. The van der Waals surface area contributed by atoms with E-state index < -0.39 is 10.0 Å². The second-order valence-electron chi connectivity index (χ2n) is 6.11. The molecule has 1 unspecified atom stereocenters. The topological polar surface area (TPSA) is 66.4 Å². The molecule has 24 heavy (non-hydrogen) atoms. The third-order valence-electron chi connectivity index (χ3n) is 4.39. The van der Waals surface area contributed by atoms with Crippen LogP contribution in [0.4, 0.5) is 5.82 Å². The van der Waals surface area contributed by atoms with Gasteiger partial charge >= 0.3 is 0 Å². The van der Waals surface area contributed by atoms with Gasteiger partial charge in [0.1, 0.15) is 11.6 Å². The lowest BCUT2D eigenvalue weighted by Gasteiger charge is -2.24. The van der Waals surface area contributed by atoms with E-state index in [0.717, 1.165) is 30.2 Å². The van der Waals surface area contributed by atoms with E-state index in [2.05, 4.69) is 14.9 Å². The molecule has 7 heteroatoms. The number of nitrogens with zero attached hydrogens (tertiary/aromatic N) is 4. The van der Waals surface area contributed by atoms with Gasteiger partial charge in [-0.2, -0.15) is 4.31 Å². The van der Waals surface area contributed by atoms with Crippen molar-refractivity contribution in [1.29, 1.82) is 0 Å². The Bertz CT molecular complexity index is 795. The van der Waals surface area contributed by atoms with Crippen LogP contribution in [0.3, 0.4) is 0 Å². The highest BCUT2D eigenvalue weighted by Crippen LogP contribution is 2.23. The average molecular weight is 346 g/mol. The lowest BCUT2D eigenvalue weighted by Crippen LogP contribution is -2.39. The number of likely N-dealkylation sites (N-methyl/N-ethyl adjacent to an activating group) is 1. The summed E-state index contributed by atoms with van der Waals surface area (Å²) in [7, 11) is -1.66. The van der Waals surface area contributed by atoms with E-state index in [4.69, 9.17) is 0 Å². The van der Waals surface area contributed by atoms with Crippen LogP contribution in [0.1, 0.15) is 17.8 Å². The quantitative estimate of drug-likeness (QED) is 0.826. The van der Waals surface area contributed by atoms with Gasteiger partial charge in [0.05, 0.1) is 5.75 Å². The molecular formula is C17H22N4O2S. The van der Waals surface area contributed by atoms with Crippen LogP contribution in [0, 0.1) is 6.92 Å². The van der Waals surface area contributed by atoms with Crippen molar-refractivity contribution in [2.45, 2.75) is 25.1 Å². The zero-order valence-corrected chi connectivity index (χ0v) is 14.8. The molecule has 2 aromatic rings. The highest BCUT2D eigenvalue weighted by molar-refractivity contribution is 7.88. The molecule has 1 atom stereocenters. The Morgan fingerprint density at radius 1 is 1.25 bits per heavy atom. The summed E-state index contributed by atoms with van der Waals surface area (Å²) in [6, 6.07) is 11.1. The Morgan fingerprint density at radius 2 is 2.00 bits per heavy atom. The molecular weight excluding hydrogens is 324 g/mol. The van der Waals surface area contributed by atoms with Gasteiger partial charge in [0.2, 0.25) is 10.0 Å². The van der Waals surface area contributed by atoms with Gasteiger partial charge in [-0.25, -0.2) is 18.4 Å². The first kappa shape index (κ1) is 16.9. The maximum absolute atomic E-state index is 12.7. The zero-order valence-electron chi connectivity index (χ0n) is 14.0. The fourth-order valence-corrected chi connectivity index (χ4v) is 4.42. The molecule has 6 nitrogen and oxygen atoms in total. The first-order valence-corrected chi connectivity index (χ1v) is 9.61. The van der Waals surface area contributed by atoms with Crippen LogP contribution in [-0.2, 0) is 15.8 Å². The van der Waals surface area contributed by atoms with Crippen molar-refractivity contribution in [3.8, 4) is 0 Å². The Labute approximate surface area is 143 Å². The summed E-state index contributed by atoms with van der Waals surface area (Å²) >= 11 is 0. The minimum absolute atomic E-state index is 0.0333. The van der Waals surface area contributed by atoms with E-state index in [1.165, 1.54) is 4.31 Å². The molecule has 1 aromatic heterocycles. The standard InChI is InChI=1S/C17H22N4O2S/c1-14-18-10-8-17(19-14)21-11-9-16(12-21)20(2)24(22,23)13-15-6-4-3-5-7-15/h3-8,10,16H,9,11-13H2,1-2H3. The summed E-state index contributed by atoms with van der Waals surface area (Å²) in [5.41, 5.74) is 0.811. The molecule has 0 aliphatic carbocycles. The van der Waals surface area contributed by atoms with Crippen LogP contribution >= 0.6 is 0 Å². The smallest absolute Gasteiger partial charge is 0.218 e. The molecule has 0 radical (unpaired) electrons. The van der Waals surface area contributed by atoms with Gasteiger partial charge < -0.3 is 4.90 Å². The van der Waals surface area contributed by atoms with Crippen LogP contribution in [0.2, 0.25) is 0 Å². The van der Waals surface area contributed by atoms with E-state index in [9.17, 15) is 8.42 Å². The normalized spacial score (nSPS) is 18.3. The van der Waals surface area contributed by atoms with Gasteiger partial charge in [-0.1, -0.05) is 30.3 Å². The van der Waals surface area contributed by atoms with Gasteiger partial charge in [0.15, 0.2) is 0 Å². The van der Waals surface area contributed by atoms with Crippen LogP contribution < -0.4 is 4.90 Å². The van der Waals surface area contributed by atoms with Crippen molar-refractivity contribution in [3.05, 3.63) is 54.0 Å². The Kier molecular flexibility index (Phi) is 4.82. The predicted molar refractivity (Wildman–Crippen MR) is 94.2 cm³/mol. The van der Waals surface area contributed by atoms with Gasteiger partial charge in [0.25, 0.3) is 0 Å². The minimum atomic E-state index is -3.34. The predicted octanol–water partition coefficient (Wildman–Crippen LogP) is 1.83. The molecule has 1 aliphatic heterocycles. The molecule has 3 rings (SSSR count). The monoisotopic (exact) mass is 346 g/mol. The Hall–Kier alpha value is -1.99. The van der Waals surface area contributed by atoms with Crippen molar-refractivity contribution in [2.24, 2.45) is 0 Å². The van der Waals surface area contributed by atoms with E-state index >= 15 is 0 Å². The molecule has 2 heterocycles. The first-order valence-electron chi connectivity index (χ1n) is 8.00. The van der Waals surface area contributed by atoms with Crippen LogP contribution in [-0.4, -0.2) is 48.9 Å².